The fourth-order valence-corrected chi connectivity index (χ4v) is 8.09. The summed E-state index contributed by atoms with van der Waals surface area (Å²) >= 11 is 0. The number of carbonyl (C=O) groups is 1. The molecule has 1 aliphatic heterocycles. The van der Waals surface area contributed by atoms with Crippen LogP contribution in [0.4, 0.5) is 0 Å². The molecule has 4 heteroatoms. The molecule has 1 aromatic rings. The first-order valence-corrected chi connectivity index (χ1v) is 12.5. The lowest BCUT2D eigenvalue weighted by Crippen LogP contribution is -2.46. The van der Waals surface area contributed by atoms with Crippen LogP contribution in [0.3, 0.4) is 0 Å². The van der Waals surface area contributed by atoms with E-state index in [0.717, 1.165) is 62.9 Å². The number of hydrogen-bond donors (Lipinski definition) is 0. The molecule has 6 rings (SSSR count). The second-order valence-electron chi connectivity index (χ2n) is 11.1. The van der Waals surface area contributed by atoms with Crippen LogP contribution in [0.15, 0.2) is 29.3 Å². The molecule has 4 nitrogen and oxygen atoms in total. The predicted octanol–water partition coefficient (Wildman–Crippen LogP) is 5.59. The van der Waals surface area contributed by atoms with Crippen molar-refractivity contribution in [3.8, 4) is 6.07 Å². The van der Waals surface area contributed by atoms with Crippen LogP contribution in [0.5, 0.6) is 0 Å². The fourth-order valence-electron chi connectivity index (χ4n) is 8.09. The Labute approximate surface area is 191 Å². The van der Waals surface area contributed by atoms with Gasteiger partial charge in [0.05, 0.1) is 24.8 Å². The second-order valence-corrected chi connectivity index (χ2v) is 11.1. The molecule has 1 saturated heterocycles. The number of ether oxygens (including phenoxy) is 2. The first-order valence-electron chi connectivity index (χ1n) is 12.5. The standard InChI is InChI=1S/C28H33NO3/c1-17-13-18(3-4-20(17)16-29)23-15-27(2)24(7-8-25(27)30)22-6-5-19-14-28(31-11-12-32-28)10-9-21(19)26(22)23/h3-4,13,19,22-24H,5-12,14-15H2,1-2H3. The molecule has 1 aromatic carbocycles. The van der Waals surface area contributed by atoms with Gasteiger partial charge in [0, 0.05) is 30.6 Å². The molecule has 32 heavy (non-hydrogen) atoms. The smallest absolute Gasteiger partial charge is 0.169 e. The van der Waals surface area contributed by atoms with Crippen molar-refractivity contribution in [3.63, 3.8) is 0 Å². The minimum absolute atomic E-state index is 0.207. The average Bonchev–Trinajstić information content (AvgIpc) is 3.36. The summed E-state index contributed by atoms with van der Waals surface area (Å²) in [6.07, 6.45) is 8.08. The Morgan fingerprint density at radius 2 is 1.91 bits per heavy atom. The number of allylic oxidation sites excluding steroid dienone is 2. The topological polar surface area (TPSA) is 59.3 Å². The highest BCUT2D eigenvalue weighted by molar-refractivity contribution is 5.87. The highest BCUT2D eigenvalue weighted by atomic mass is 16.7. The maximum absolute atomic E-state index is 13.1. The first-order chi connectivity index (χ1) is 15.4. The van der Waals surface area contributed by atoms with Gasteiger partial charge in [-0.2, -0.15) is 5.26 Å². The minimum Gasteiger partial charge on any atom is -0.348 e. The molecular weight excluding hydrogens is 398 g/mol. The van der Waals surface area contributed by atoms with Gasteiger partial charge in [-0.25, -0.2) is 0 Å². The lowest BCUT2D eigenvalue weighted by Gasteiger charge is -2.52. The van der Waals surface area contributed by atoms with Crippen molar-refractivity contribution in [1.82, 2.24) is 0 Å². The monoisotopic (exact) mass is 431 g/mol. The van der Waals surface area contributed by atoms with E-state index in [2.05, 4.69) is 25.1 Å². The number of aryl methyl sites for hydroxylation is 1. The van der Waals surface area contributed by atoms with Crippen LogP contribution in [-0.2, 0) is 14.3 Å². The Balaban J connectivity index is 1.46. The Hall–Kier alpha value is -1.96. The van der Waals surface area contributed by atoms with Crippen molar-refractivity contribution in [2.75, 3.05) is 13.2 Å². The van der Waals surface area contributed by atoms with Crippen molar-refractivity contribution in [1.29, 1.82) is 5.26 Å². The first kappa shape index (κ1) is 20.6. The fraction of sp³-hybridized carbons (Fsp3) is 0.643. The third kappa shape index (κ3) is 2.90. The molecule has 5 atom stereocenters. The number of carbonyl (C=O) groups excluding carboxylic acids is 1. The molecule has 0 amide bonds. The van der Waals surface area contributed by atoms with Crippen molar-refractivity contribution >= 4 is 5.78 Å². The SMILES string of the molecule is Cc1cc(C2CC3(C)C(=O)CCC3C3CCC4CC5(CCC4=C23)OCCO5)ccc1C#N. The number of rotatable bonds is 1. The molecular formula is C28H33NO3. The molecule has 0 bridgehead atoms. The van der Waals surface area contributed by atoms with Crippen LogP contribution in [0.2, 0.25) is 0 Å². The zero-order valence-corrected chi connectivity index (χ0v) is 19.3. The summed E-state index contributed by atoms with van der Waals surface area (Å²) in [5.41, 5.74) is 6.18. The Kier molecular flexibility index (Phi) is 4.69. The van der Waals surface area contributed by atoms with Gasteiger partial charge in [0.1, 0.15) is 5.78 Å². The van der Waals surface area contributed by atoms with Crippen LogP contribution < -0.4 is 0 Å². The van der Waals surface area contributed by atoms with E-state index in [9.17, 15) is 10.1 Å². The highest BCUT2D eigenvalue weighted by Gasteiger charge is 2.57. The molecule has 1 spiro atoms. The molecule has 5 aliphatic rings. The van der Waals surface area contributed by atoms with Crippen molar-refractivity contribution < 1.29 is 14.3 Å². The molecule has 0 aromatic heterocycles. The average molecular weight is 432 g/mol. The lowest BCUT2D eigenvalue weighted by atomic mass is 9.52. The van der Waals surface area contributed by atoms with Gasteiger partial charge in [0.15, 0.2) is 5.79 Å². The van der Waals surface area contributed by atoms with Gasteiger partial charge in [-0.05, 0) is 74.0 Å². The van der Waals surface area contributed by atoms with Gasteiger partial charge < -0.3 is 9.47 Å². The zero-order chi connectivity index (χ0) is 22.1. The number of fused-ring (bicyclic) bond motifs is 4. The number of benzene rings is 1. The second kappa shape index (κ2) is 7.27. The quantitative estimate of drug-likeness (QED) is 0.544. The number of ketones is 1. The van der Waals surface area contributed by atoms with Gasteiger partial charge in [0.25, 0.3) is 0 Å². The van der Waals surface area contributed by atoms with E-state index < -0.39 is 0 Å². The number of hydrogen-bond acceptors (Lipinski definition) is 4. The largest absolute Gasteiger partial charge is 0.348 e. The Bertz CT molecular complexity index is 1040. The molecule has 4 aliphatic carbocycles. The lowest BCUT2D eigenvalue weighted by molar-refractivity contribution is -0.181. The highest BCUT2D eigenvalue weighted by Crippen LogP contribution is 2.63. The van der Waals surface area contributed by atoms with Crippen molar-refractivity contribution in [2.24, 2.45) is 23.2 Å². The summed E-state index contributed by atoms with van der Waals surface area (Å²) < 4.78 is 12.2. The molecule has 168 valence electrons. The van der Waals surface area contributed by atoms with E-state index in [1.54, 1.807) is 11.1 Å². The van der Waals surface area contributed by atoms with E-state index in [-0.39, 0.29) is 17.1 Å². The predicted molar refractivity (Wildman–Crippen MR) is 121 cm³/mol. The third-order valence-electron chi connectivity index (χ3n) is 9.64. The van der Waals surface area contributed by atoms with Gasteiger partial charge >= 0.3 is 0 Å². The van der Waals surface area contributed by atoms with Crippen molar-refractivity contribution in [2.45, 2.75) is 76.9 Å². The molecule has 0 radical (unpaired) electrons. The van der Waals surface area contributed by atoms with Gasteiger partial charge in [-0.15, -0.1) is 0 Å². The summed E-state index contributed by atoms with van der Waals surface area (Å²) in [7, 11) is 0. The molecule has 1 heterocycles. The third-order valence-corrected chi connectivity index (χ3v) is 9.64. The van der Waals surface area contributed by atoms with Gasteiger partial charge in [-0.1, -0.05) is 30.2 Å². The number of nitriles is 1. The maximum Gasteiger partial charge on any atom is 0.169 e. The summed E-state index contributed by atoms with van der Waals surface area (Å²) in [6.45, 7) is 5.72. The van der Waals surface area contributed by atoms with Gasteiger partial charge in [0.2, 0.25) is 0 Å². The summed E-state index contributed by atoms with van der Waals surface area (Å²) in [4.78, 5) is 13.1. The van der Waals surface area contributed by atoms with Crippen molar-refractivity contribution in [3.05, 3.63) is 46.0 Å². The van der Waals surface area contributed by atoms with E-state index in [4.69, 9.17) is 9.47 Å². The summed E-state index contributed by atoms with van der Waals surface area (Å²) in [5.74, 6) is 1.95. The van der Waals surface area contributed by atoms with Crippen LogP contribution in [0.1, 0.15) is 80.9 Å². The molecule has 0 N–H and O–H groups in total. The maximum atomic E-state index is 13.1. The van der Waals surface area contributed by atoms with E-state index in [0.29, 0.717) is 23.5 Å². The van der Waals surface area contributed by atoms with Crippen LogP contribution in [-0.4, -0.2) is 24.8 Å². The molecule has 3 saturated carbocycles. The molecule has 5 unspecified atom stereocenters. The minimum atomic E-state index is -0.353. The Morgan fingerprint density at radius 1 is 1.09 bits per heavy atom. The van der Waals surface area contributed by atoms with E-state index >= 15 is 0 Å². The Morgan fingerprint density at radius 3 is 2.66 bits per heavy atom. The van der Waals surface area contributed by atoms with E-state index in [1.165, 1.54) is 18.4 Å². The van der Waals surface area contributed by atoms with Crippen LogP contribution in [0, 0.1) is 41.4 Å². The zero-order valence-electron chi connectivity index (χ0n) is 19.3. The number of nitrogens with zero attached hydrogens (tertiary/aromatic N) is 1. The van der Waals surface area contributed by atoms with E-state index in [1.807, 2.05) is 13.0 Å². The normalized spacial score (nSPS) is 37.7. The summed E-state index contributed by atoms with van der Waals surface area (Å²) in [6, 6.07) is 8.66. The van der Waals surface area contributed by atoms with Crippen LogP contribution in [0.25, 0.3) is 0 Å². The summed E-state index contributed by atoms with van der Waals surface area (Å²) in [5, 5.41) is 9.43. The number of Topliss-reactive ketones (excluding diaryl/α,β-unsaturated/α-hetero) is 1. The van der Waals surface area contributed by atoms with Crippen LogP contribution >= 0.6 is 0 Å². The molecule has 4 fully saturated rings. The van der Waals surface area contributed by atoms with Gasteiger partial charge in [-0.3, -0.25) is 4.79 Å².